The summed E-state index contributed by atoms with van der Waals surface area (Å²) in [5.41, 5.74) is 0.722. The number of halogens is 3. The summed E-state index contributed by atoms with van der Waals surface area (Å²) in [4.78, 5) is 21.9. The number of ether oxygens (including phenoxy) is 1. The highest BCUT2D eigenvalue weighted by atomic mass is 19.4. The number of alkyl halides is 3. The van der Waals surface area contributed by atoms with Crippen LogP contribution in [-0.2, 0) is 32.0 Å². The van der Waals surface area contributed by atoms with Crippen LogP contribution < -0.4 is 0 Å². The number of rotatable bonds is 7. The highest BCUT2D eigenvalue weighted by Crippen LogP contribution is 2.29. The lowest BCUT2D eigenvalue weighted by atomic mass is 10.0. The number of carbonyl (C=O) groups excluding carboxylic acids is 1. The molecule has 0 aliphatic carbocycles. The average molecular weight is 408 g/mol. The van der Waals surface area contributed by atoms with Gasteiger partial charge < -0.3 is 14.4 Å². The second-order valence-electron chi connectivity index (χ2n) is 5.80. The van der Waals surface area contributed by atoms with Crippen LogP contribution in [-0.4, -0.2) is 31.6 Å². The molecule has 0 atom stereocenters. The fourth-order valence-corrected chi connectivity index (χ4v) is 2.43. The van der Waals surface area contributed by atoms with Gasteiger partial charge in [0.2, 0.25) is 0 Å². The van der Waals surface area contributed by atoms with Gasteiger partial charge in [0.25, 0.3) is 0 Å². The van der Waals surface area contributed by atoms with Crippen LogP contribution in [0.25, 0.3) is 0 Å². The summed E-state index contributed by atoms with van der Waals surface area (Å²) in [7, 11) is 2.51. The first-order valence-electron chi connectivity index (χ1n) is 8.39. The number of benzene rings is 2. The van der Waals surface area contributed by atoms with Crippen molar-refractivity contribution < 1.29 is 32.4 Å². The van der Waals surface area contributed by atoms with E-state index >= 15 is 0 Å². The molecule has 0 unspecified atom stereocenters. The van der Waals surface area contributed by atoms with E-state index < -0.39 is 17.7 Å². The molecule has 2 aromatic carbocycles. The molecule has 29 heavy (non-hydrogen) atoms. The van der Waals surface area contributed by atoms with Crippen LogP contribution in [0.5, 0.6) is 0 Å². The van der Waals surface area contributed by atoms with Crippen LogP contribution in [0.3, 0.4) is 0 Å². The van der Waals surface area contributed by atoms with Gasteiger partial charge in [-0.05, 0) is 24.6 Å². The van der Waals surface area contributed by atoms with Crippen molar-refractivity contribution in [3.63, 3.8) is 0 Å². The topological polar surface area (TPSA) is 69.5 Å². The van der Waals surface area contributed by atoms with E-state index in [1.807, 2.05) is 0 Å². The third-order valence-corrected chi connectivity index (χ3v) is 3.86. The maximum Gasteiger partial charge on any atom is 0.416 e. The lowest BCUT2D eigenvalue weighted by Gasteiger charge is -2.10. The molecule has 0 heterocycles. The molecule has 0 amide bonds. The molecule has 0 aliphatic heterocycles. The first-order valence-corrected chi connectivity index (χ1v) is 8.39. The Balaban J connectivity index is 2.21. The lowest BCUT2D eigenvalue weighted by Crippen LogP contribution is -2.19. The zero-order chi connectivity index (χ0) is 21.4. The SMILES string of the molecule is CO/N=C(/C(=O)OC)c1ccccc1CO/N=C(/C)c1cccc(C(F)(F)F)c1. The smallest absolute Gasteiger partial charge is 0.416 e. The Morgan fingerprint density at radius 1 is 1.03 bits per heavy atom. The van der Waals surface area contributed by atoms with E-state index in [-0.39, 0.29) is 23.6 Å². The molecule has 0 radical (unpaired) electrons. The van der Waals surface area contributed by atoms with E-state index in [9.17, 15) is 18.0 Å². The Labute approximate surface area is 165 Å². The summed E-state index contributed by atoms with van der Waals surface area (Å²) in [6.07, 6.45) is -4.44. The third kappa shape index (κ3) is 5.81. The summed E-state index contributed by atoms with van der Waals surface area (Å²) < 4.78 is 43.3. The number of carbonyl (C=O) groups is 1. The second kappa shape index (κ2) is 9.72. The lowest BCUT2D eigenvalue weighted by molar-refractivity contribution is -0.137. The van der Waals surface area contributed by atoms with Crippen LogP contribution >= 0.6 is 0 Å². The van der Waals surface area contributed by atoms with Crippen molar-refractivity contribution in [1.82, 2.24) is 0 Å². The quantitative estimate of drug-likeness (QED) is 0.392. The van der Waals surface area contributed by atoms with Gasteiger partial charge in [-0.2, -0.15) is 13.2 Å². The molecular formula is C20H19F3N2O4. The van der Waals surface area contributed by atoms with Gasteiger partial charge in [-0.1, -0.05) is 46.7 Å². The van der Waals surface area contributed by atoms with Crippen molar-refractivity contribution in [2.75, 3.05) is 14.2 Å². The predicted octanol–water partition coefficient (Wildman–Crippen LogP) is 4.17. The summed E-state index contributed by atoms with van der Waals surface area (Å²) in [5.74, 6) is -0.692. The Kier molecular flexibility index (Phi) is 7.35. The molecule has 0 bridgehead atoms. The van der Waals surface area contributed by atoms with E-state index in [0.717, 1.165) is 12.1 Å². The molecule has 154 valence electrons. The molecule has 0 aliphatic rings. The maximum absolute atomic E-state index is 12.9. The molecule has 0 spiro atoms. The van der Waals surface area contributed by atoms with E-state index in [2.05, 4.69) is 10.3 Å². The van der Waals surface area contributed by atoms with Crippen LogP contribution in [0.15, 0.2) is 58.8 Å². The molecule has 2 aromatic rings. The van der Waals surface area contributed by atoms with Crippen LogP contribution in [0, 0.1) is 0 Å². The van der Waals surface area contributed by atoms with E-state index in [1.165, 1.54) is 33.3 Å². The van der Waals surface area contributed by atoms with Gasteiger partial charge in [0, 0.05) is 11.1 Å². The Morgan fingerprint density at radius 2 is 1.76 bits per heavy atom. The first-order chi connectivity index (χ1) is 13.8. The maximum atomic E-state index is 12.9. The van der Waals surface area contributed by atoms with Gasteiger partial charge in [0.1, 0.15) is 13.7 Å². The fourth-order valence-electron chi connectivity index (χ4n) is 2.43. The Hall–Kier alpha value is -3.36. The summed E-state index contributed by atoms with van der Waals surface area (Å²) in [5, 5.41) is 7.58. The molecule has 0 aromatic heterocycles. The van der Waals surface area contributed by atoms with E-state index in [0.29, 0.717) is 11.1 Å². The Morgan fingerprint density at radius 3 is 2.41 bits per heavy atom. The number of methoxy groups -OCH3 is 1. The number of nitrogens with zero attached hydrogens (tertiary/aromatic N) is 2. The second-order valence-corrected chi connectivity index (χ2v) is 5.80. The van der Waals surface area contributed by atoms with Gasteiger partial charge >= 0.3 is 12.1 Å². The normalized spacial score (nSPS) is 12.5. The fraction of sp³-hybridized carbons (Fsp3) is 0.250. The summed E-state index contributed by atoms with van der Waals surface area (Å²) in [6, 6.07) is 11.5. The van der Waals surface area contributed by atoms with Crippen molar-refractivity contribution in [1.29, 1.82) is 0 Å². The minimum Gasteiger partial charge on any atom is -0.464 e. The molecular weight excluding hydrogens is 389 g/mol. The number of oxime groups is 2. The summed E-state index contributed by atoms with van der Waals surface area (Å²) >= 11 is 0. The highest BCUT2D eigenvalue weighted by molar-refractivity contribution is 6.43. The standard InChI is InChI=1S/C20H19F3N2O4/c1-13(14-8-6-9-16(11-14)20(21,22)23)24-29-12-15-7-4-5-10-17(15)18(25-28-3)19(26)27-2/h4-11H,12H2,1-3H3/b24-13-,25-18+. The largest absolute Gasteiger partial charge is 0.464 e. The minimum atomic E-state index is -4.44. The molecule has 2 rings (SSSR count). The summed E-state index contributed by atoms with van der Waals surface area (Å²) in [6.45, 7) is 1.49. The van der Waals surface area contributed by atoms with E-state index in [4.69, 9.17) is 14.4 Å². The van der Waals surface area contributed by atoms with Crippen LogP contribution in [0.4, 0.5) is 13.2 Å². The predicted molar refractivity (Wildman–Crippen MR) is 100 cm³/mol. The number of esters is 1. The van der Waals surface area contributed by atoms with Crippen molar-refractivity contribution in [2.24, 2.45) is 10.3 Å². The van der Waals surface area contributed by atoms with Gasteiger partial charge in [-0.25, -0.2) is 4.79 Å². The van der Waals surface area contributed by atoms with Crippen LogP contribution in [0.1, 0.15) is 29.2 Å². The van der Waals surface area contributed by atoms with Gasteiger partial charge in [-0.3, -0.25) is 0 Å². The third-order valence-electron chi connectivity index (χ3n) is 3.86. The highest BCUT2D eigenvalue weighted by Gasteiger charge is 2.30. The zero-order valence-electron chi connectivity index (χ0n) is 16.0. The van der Waals surface area contributed by atoms with Crippen molar-refractivity contribution in [3.8, 4) is 0 Å². The molecule has 0 fully saturated rings. The minimum absolute atomic E-state index is 0.0484. The first kappa shape index (κ1) is 21.9. The van der Waals surface area contributed by atoms with Gasteiger partial charge in [0.05, 0.1) is 18.4 Å². The molecule has 6 nitrogen and oxygen atoms in total. The Bertz CT molecular complexity index is 924. The monoisotopic (exact) mass is 408 g/mol. The molecule has 0 saturated heterocycles. The number of hydrogen-bond donors (Lipinski definition) is 0. The molecule has 9 heteroatoms. The van der Waals surface area contributed by atoms with Crippen molar-refractivity contribution in [3.05, 3.63) is 70.8 Å². The zero-order valence-corrected chi connectivity index (χ0v) is 16.0. The van der Waals surface area contributed by atoms with Gasteiger partial charge in [0.15, 0.2) is 5.71 Å². The van der Waals surface area contributed by atoms with Gasteiger partial charge in [-0.15, -0.1) is 0 Å². The van der Waals surface area contributed by atoms with Crippen molar-refractivity contribution in [2.45, 2.75) is 19.7 Å². The van der Waals surface area contributed by atoms with Crippen molar-refractivity contribution >= 4 is 17.4 Å². The number of hydrogen-bond acceptors (Lipinski definition) is 6. The average Bonchev–Trinajstić information content (AvgIpc) is 2.71. The van der Waals surface area contributed by atoms with E-state index in [1.54, 1.807) is 24.3 Å². The van der Waals surface area contributed by atoms with Crippen LogP contribution in [0.2, 0.25) is 0 Å². The molecule has 0 N–H and O–H groups in total. The molecule has 0 saturated carbocycles.